The number of nitrogen functional groups attached to an aromatic ring is 1. The first-order valence-electron chi connectivity index (χ1n) is 5.76. The molecule has 0 fully saturated rings. The summed E-state index contributed by atoms with van der Waals surface area (Å²) in [6.07, 6.45) is 0.853. The summed E-state index contributed by atoms with van der Waals surface area (Å²) in [7, 11) is 1.64. The van der Waals surface area contributed by atoms with Gasteiger partial charge >= 0.3 is 0 Å². The van der Waals surface area contributed by atoms with Crippen LogP contribution < -0.4 is 16.0 Å². The van der Waals surface area contributed by atoms with Crippen molar-refractivity contribution in [1.29, 1.82) is 0 Å². The van der Waals surface area contributed by atoms with Gasteiger partial charge < -0.3 is 10.2 Å². The highest BCUT2D eigenvalue weighted by Gasteiger charge is 2.15. The van der Waals surface area contributed by atoms with E-state index in [0.29, 0.717) is 0 Å². The minimum atomic E-state index is 0.749. The van der Waals surface area contributed by atoms with Crippen molar-refractivity contribution in [2.24, 2.45) is 5.84 Å². The highest BCUT2D eigenvalue weighted by Crippen LogP contribution is 2.37. The van der Waals surface area contributed by atoms with Crippen LogP contribution in [0.1, 0.15) is 18.2 Å². The minimum absolute atomic E-state index is 0.749. The monoisotopic (exact) mass is 309 g/mol. The third kappa shape index (κ3) is 1.93. The van der Waals surface area contributed by atoms with Gasteiger partial charge in [0.15, 0.2) is 0 Å². The quantitative estimate of drug-likeness (QED) is 0.675. The second-order valence-electron chi connectivity index (χ2n) is 4.03. The van der Waals surface area contributed by atoms with E-state index < -0.39 is 0 Å². The number of fused-ring (bicyclic) bond motifs is 1. The van der Waals surface area contributed by atoms with Crippen molar-refractivity contribution in [2.45, 2.75) is 20.3 Å². The zero-order valence-electron chi connectivity index (χ0n) is 10.7. The number of halogens is 1. The van der Waals surface area contributed by atoms with E-state index in [0.717, 1.165) is 44.5 Å². The van der Waals surface area contributed by atoms with E-state index in [1.54, 1.807) is 7.11 Å². The topological polar surface area (TPSA) is 60.2 Å². The zero-order valence-corrected chi connectivity index (χ0v) is 12.3. The summed E-state index contributed by atoms with van der Waals surface area (Å²) in [5.74, 6) is 6.41. The van der Waals surface area contributed by atoms with Crippen molar-refractivity contribution in [3.05, 3.63) is 27.9 Å². The first kappa shape index (κ1) is 13.1. The number of methoxy groups -OCH3 is 1. The molecule has 5 heteroatoms. The standard InChI is InChI=1S/C13H16BrN3O/c1-4-9-7(2)12(17-15)11-8(14)5-6-10(18-3)13(11)16-9/h5-6H,4,15H2,1-3H3,(H,16,17). The Hall–Kier alpha value is -1.33. The van der Waals surface area contributed by atoms with Crippen molar-refractivity contribution >= 4 is 32.5 Å². The predicted octanol–water partition coefficient (Wildman–Crippen LogP) is 3.16. The van der Waals surface area contributed by atoms with Crippen LogP contribution in [0.4, 0.5) is 5.69 Å². The van der Waals surface area contributed by atoms with E-state index in [1.165, 1.54) is 0 Å². The first-order chi connectivity index (χ1) is 8.63. The number of aromatic nitrogens is 1. The molecule has 0 spiro atoms. The second kappa shape index (κ2) is 5.12. The lowest BCUT2D eigenvalue weighted by Crippen LogP contribution is -2.11. The highest BCUT2D eigenvalue weighted by molar-refractivity contribution is 9.10. The fourth-order valence-corrected chi connectivity index (χ4v) is 2.65. The molecule has 4 nitrogen and oxygen atoms in total. The summed E-state index contributed by atoms with van der Waals surface area (Å²) in [6, 6.07) is 3.84. The van der Waals surface area contributed by atoms with Gasteiger partial charge in [-0.1, -0.05) is 22.9 Å². The number of benzene rings is 1. The van der Waals surface area contributed by atoms with Gasteiger partial charge in [-0.2, -0.15) is 0 Å². The number of nitrogens with zero attached hydrogens (tertiary/aromatic N) is 1. The number of hydrogen-bond donors (Lipinski definition) is 2. The first-order valence-corrected chi connectivity index (χ1v) is 6.55. The normalized spacial score (nSPS) is 10.7. The summed E-state index contributed by atoms with van der Waals surface area (Å²) >= 11 is 3.54. The molecule has 1 aromatic heterocycles. The second-order valence-corrected chi connectivity index (χ2v) is 4.88. The maximum atomic E-state index is 5.66. The molecular weight excluding hydrogens is 294 g/mol. The summed E-state index contributed by atoms with van der Waals surface area (Å²) in [4.78, 5) is 4.68. The van der Waals surface area contributed by atoms with Crippen LogP contribution in [0.15, 0.2) is 16.6 Å². The number of anilines is 1. The lowest BCUT2D eigenvalue weighted by Gasteiger charge is -2.15. The predicted molar refractivity (Wildman–Crippen MR) is 77.9 cm³/mol. The average Bonchev–Trinajstić information content (AvgIpc) is 2.39. The van der Waals surface area contributed by atoms with Gasteiger partial charge in [0.2, 0.25) is 0 Å². The number of rotatable bonds is 3. The lowest BCUT2D eigenvalue weighted by atomic mass is 10.1. The third-order valence-corrected chi connectivity index (χ3v) is 3.75. The Morgan fingerprint density at radius 1 is 1.44 bits per heavy atom. The highest BCUT2D eigenvalue weighted by atomic mass is 79.9. The number of aryl methyl sites for hydroxylation is 1. The third-order valence-electron chi connectivity index (χ3n) is 3.09. The molecule has 0 saturated carbocycles. The van der Waals surface area contributed by atoms with Crippen LogP contribution in [-0.4, -0.2) is 12.1 Å². The number of pyridine rings is 1. The smallest absolute Gasteiger partial charge is 0.145 e. The number of nitrogens with one attached hydrogen (secondary N) is 1. The van der Waals surface area contributed by atoms with E-state index in [4.69, 9.17) is 10.6 Å². The largest absolute Gasteiger partial charge is 0.494 e. The van der Waals surface area contributed by atoms with Crippen LogP contribution in [0.25, 0.3) is 10.9 Å². The van der Waals surface area contributed by atoms with Gasteiger partial charge in [-0.3, -0.25) is 5.84 Å². The molecule has 1 aromatic carbocycles. The van der Waals surface area contributed by atoms with E-state index in [1.807, 2.05) is 19.1 Å². The Kier molecular flexibility index (Phi) is 3.73. The fraction of sp³-hybridized carbons (Fsp3) is 0.308. The van der Waals surface area contributed by atoms with Gasteiger partial charge in [-0.05, 0) is 31.0 Å². The lowest BCUT2D eigenvalue weighted by molar-refractivity contribution is 0.418. The Balaban J connectivity index is 2.95. The molecule has 0 radical (unpaired) electrons. The van der Waals surface area contributed by atoms with E-state index in [-0.39, 0.29) is 0 Å². The molecule has 0 aliphatic heterocycles. The number of nitrogens with two attached hydrogens (primary N) is 1. The minimum Gasteiger partial charge on any atom is -0.494 e. The molecule has 1 heterocycles. The van der Waals surface area contributed by atoms with Crippen molar-refractivity contribution in [2.75, 3.05) is 12.5 Å². The van der Waals surface area contributed by atoms with Crippen LogP contribution in [0, 0.1) is 6.92 Å². The summed E-state index contributed by atoms with van der Waals surface area (Å²) in [5.41, 5.74) is 6.58. The summed E-state index contributed by atoms with van der Waals surface area (Å²) in [5, 5.41) is 0.951. The zero-order chi connectivity index (χ0) is 13.3. The maximum Gasteiger partial charge on any atom is 0.145 e. The molecule has 18 heavy (non-hydrogen) atoms. The van der Waals surface area contributed by atoms with Crippen LogP contribution in [0.3, 0.4) is 0 Å². The molecule has 3 N–H and O–H groups in total. The van der Waals surface area contributed by atoms with Gasteiger partial charge in [0, 0.05) is 15.6 Å². The summed E-state index contributed by atoms with van der Waals surface area (Å²) < 4.78 is 6.32. The molecule has 0 atom stereocenters. The summed E-state index contributed by atoms with van der Waals surface area (Å²) in [6.45, 7) is 4.10. The number of hydrogen-bond acceptors (Lipinski definition) is 4. The maximum absolute atomic E-state index is 5.66. The number of hydrazine groups is 1. The van der Waals surface area contributed by atoms with Gasteiger partial charge in [0.25, 0.3) is 0 Å². The van der Waals surface area contributed by atoms with Crippen LogP contribution in [0.2, 0.25) is 0 Å². The molecule has 0 amide bonds. The number of ether oxygens (including phenoxy) is 1. The van der Waals surface area contributed by atoms with Gasteiger partial charge in [-0.15, -0.1) is 0 Å². The molecule has 2 aromatic rings. The van der Waals surface area contributed by atoms with Gasteiger partial charge in [-0.25, -0.2) is 4.98 Å². The molecule has 0 aliphatic rings. The van der Waals surface area contributed by atoms with Crippen molar-refractivity contribution < 1.29 is 4.74 Å². The Labute approximate surface area is 115 Å². The molecule has 0 unspecified atom stereocenters. The van der Waals surface area contributed by atoms with Crippen molar-refractivity contribution in [3.8, 4) is 5.75 Å². The molecule has 0 saturated heterocycles. The van der Waals surface area contributed by atoms with Crippen LogP contribution in [-0.2, 0) is 6.42 Å². The Morgan fingerprint density at radius 3 is 2.72 bits per heavy atom. The fourth-order valence-electron chi connectivity index (χ4n) is 2.14. The van der Waals surface area contributed by atoms with Crippen molar-refractivity contribution in [1.82, 2.24) is 4.98 Å². The van der Waals surface area contributed by atoms with Crippen molar-refractivity contribution in [3.63, 3.8) is 0 Å². The Bertz CT molecular complexity index is 599. The molecule has 2 rings (SSSR count). The van der Waals surface area contributed by atoms with E-state index >= 15 is 0 Å². The van der Waals surface area contributed by atoms with Gasteiger partial charge in [0.05, 0.1) is 12.8 Å². The van der Waals surface area contributed by atoms with E-state index in [2.05, 4.69) is 33.3 Å². The molecular formula is C13H16BrN3O. The average molecular weight is 310 g/mol. The SMILES string of the molecule is CCc1nc2c(OC)ccc(Br)c2c(NN)c1C. The van der Waals surface area contributed by atoms with E-state index in [9.17, 15) is 0 Å². The van der Waals surface area contributed by atoms with Crippen LogP contribution in [0.5, 0.6) is 5.75 Å². The van der Waals surface area contributed by atoms with Gasteiger partial charge in [0.1, 0.15) is 11.3 Å². The van der Waals surface area contributed by atoms with Crippen LogP contribution >= 0.6 is 15.9 Å². The Morgan fingerprint density at radius 2 is 2.17 bits per heavy atom. The molecule has 0 bridgehead atoms. The molecule has 96 valence electrons. The molecule has 0 aliphatic carbocycles.